The van der Waals surface area contributed by atoms with Gasteiger partial charge in [0.1, 0.15) is 17.2 Å². The molecule has 1 aliphatic heterocycles. The zero-order chi connectivity index (χ0) is 19.8. The molecule has 0 saturated heterocycles. The molecule has 1 heterocycles. The number of benzene rings is 2. The highest BCUT2D eigenvalue weighted by Gasteiger charge is 2.53. The summed E-state index contributed by atoms with van der Waals surface area (Å²) in [7, 11) is 1.36. The predicted octanol–water partition coefficient (Wildman–Crippen LogP) is 3.01. The molecule has 0 radical (unpaired) electrons. The lowest BCUT2D eigenvalue weighted by Crippen LogP contribution is -2.43. The second kappa shape index (κ2) is 6.58. The molecule has 0 bridgehead atoms. The predicted molar refractivity (Wildman–Crippen MR) is 89.3 cm³/mol. The number of methoxy groups -OCH3 is 1. The van der Waals surface area contributed by atoms with Crippen LogP contribution in [0.15, 0.2) is 53.6 Å². The third-order valence-corrected chi connectivity index (χ3v) is 4.17. The van der Waals surface area contributed by atoms with E-state index >= 15 is 0 Å². The molecule has 2 aromatic rings. The first kappa shape index (κ1) is 18.7. The van der Waals surface area contributed by atoms with Crippen molar-refractivity contribution in [2.75, 3.05) is 7.11 Å². The van der Waals surface area contributed by atoms with Crippen LogP contribution < -0.4 is 4.74 Å². The van der Waals surface area contributed by atoms with E-state index in [2.05, 4.69) is 5.10 Å². The number of aliphatic hydroxyl groups is 1. The fraction of sp³-hybridized carbons (Fsp3) is 0.222. The van der Waals surface area contributed by atoms with Crippen LogP contribution in [0, 0.1) is 0 Å². The summed E-state index contributed by atoms with van der Waals surface area (Å²) in [6, 6.07) is 11.0. The van der Waals surface area contributed by atoms with Gasteiger partial charge in [0.05, 0.1) is 19.1 Å². The van der Waals surface area contributed by atoms with E-state index in [0.29, 0.717) is 5.01 Å². The van der Waals surface area contributed by atoms with Crippen LogP contribution in [0.25, 0.3) is 0 Å². The van der Waals surface area contributed by atoms with Crippen molar-refractivity contribution in [1.29, 1.82) is 0 Å². The van der Waals surface area contributed by atoms with Gasteiger partial charge in [-0.2, -0.15) is 23.3 Å². The van der Waals surface area contributed by atoms with E-state index in [0.717, 1.165) is 0 Å². The van der Waals surface area contributed by atoms with E-state index in [1.807, 2.05) is 0 Å². The van der Waals surface area contributed by atoms with Crippen LogP contribution in [0.1, 0.15) is 22.3 Å². The summed E-state index contributed by atoms with van der Waals surface area (Å²) in [6.07, 6.45) is -5.79. The number of rotatable bonds is 3. The number of aromatic hydroxyl groups is 1. The zero-order valence-corrected chi connectivity index (χ0v) is 14.1. The molecule has 1 aliphatic rings. The molecule has 9 heteroatoms. The van der Waals surface area contributed by atoms with Crippen LogP contribution in [0.5, 0.6) is 11.5 Å². The molecule has 27 heavy (non-hydrogen) atoms. The average molecular weight is 380 g/mol. The first-order valence-corrected chi connectivity index (χ1v) is 7.81. The van der Waals surface area contributed by atoms with Gasteiger partial charge >= 0.3 is 6.18 Å². The lowest BCUT2D eigenvalue weighted by Gasteiger charge is -2.31. The van der Waals surface area contributed by atoms with Gasteiger partial charge in [-0.25, -0.2) is 0 Å². The van der Waals surface area contributed by atoms with Crippen LogP contribution in [0.4, 0.5) is 13.2 Å². The molecule has 0 aromatic heterocycles. The summed E-state index contributed by atoms with van der Waals surface area (Å²) in [5.41, 5.74) is -3.99. The van der Waals surface area contributed by atoms with Crippen LogP contribution in [-0.4, -0.2) is 40.1 Å². The Labute approximate surface area is 152 Å². The highest BCUT2D eigenvalue weighted by molar-refractivity contribution is 6.01. The van der Waals surface area contributed by atoms with Crippen molar-refractivity contribution in [2.24, 2.45) is 5.10 Å². The van der Waals surface area contributed by atoms with E-state index in [1.54, 1.807) is 6.07 Å². The van der Waals surface area contributed by atoms with E-state index in [-0.39, 0.29) is 16.9 Å². The quantitative estimate of drug-likeness (QED) is 0.858. The molecule has 0 saturated carbocycles. The normalized spacial score (nSPS) is 19.7. The Kier molecular flexibility index (Phi) is 4.56. The molecule has 3 rings (SSSR count). The Balaban J connectivity index is 2.11. The maximum atomic E-state index is 13.2. The molecular formula is C18H15F3N2O4. The third-order valence-electron chi connectivity index (χ3n) is 4.17. The number of para-hydroxylation sites is 1. The zero-order valence-electron chi connectivity index (χ0n) is 14.1. The number of nitrogens with zero attached hydrogens (tertiary/aromatic N) is 2. The van der Waals surface area contributed by atoms with Gasteiger partial charge in [0.2, 0.25) is 0 Å². The monoisotopic (exact) mass is 380 g/mol. The van der Waals surface area contributed by atoms with Crippen LogP contribution in [0.3, 0.4) is 0 Å². The average Bonchev–Trinajstić information content (AvgIpc) is 3.01. The fourth-order valence-electron chi connectivity index (χ4n) is 2.78. The number of phenols is 1. The van der Waals surface area contributed by atoms with Gasteiger partial charge in [-0.1, -0.05) is 24.3 Å². The minimum atomic E-state index is -4.83. The van der Waals surface area contributed by atoms with Crippen LogP contribution >= 0.6 is 0 Å². The van der Waals surface area contributed by atoms with Gasteiger partial charge in [-0.3, -0.25) is 4.79 Å². The maximum Gasteiger partial charge on any atom is 0.431 e. The molecule has 0 fully saturated rings. The Morgan fingerprint density at radius 1 is 1.22 bits per heavy atom. The SMILES string of the molecule is COc1cccc(C2(O)CC(C(F)(F)F)=NN2C(=O)c2ccccc2O)c1. The second-order valence-corrected chi connectivity index (χ2v) is 5.90. The number of amides is 1. The summed E-state index contributed by atoms with van der Waals surface area (Å²) in [4.78, 5) is 12.8. The first-order chi connectivity index (χ1) is 12.7. The minimum Gasteiger partial charge on any atom is -0.507 e. The summed E-state index contributed by atoms with van der Waals surface area (Å²) < 4.78 is 44.7. The first-order valence-electron chi connectivity index (χ1n) is 7.81. The van der Waals surface area contributed by atoms with Gasteiger partial charge in [0.15, 0.2) is 5.72 Å². The van der Waals surface area contributed by atoms with Gasteiger partial charge in [0, 0.05) is 5.56 Å². The van der Waals surface area contributed by atoms with E-state index in [1.165, 1.54) is 49.6 Å². The third kappa shape index (κ3) is 3.33. The Morgan fingerprint density at radius 3 is 2.56 bits per heavy atom. The highest BCUT2D eigenvalue weighted by Crippen LogP contribution is 2.41. The lowest BCUT2D eigenvalue weighted by atomic mass is 9.96. The summed E-state index contributed by atoms with van der Waals surface area (Å²) in [5.74, 6) is -1.22. The summed E-state index contributed by atoms with van der Waals surface area (Å²) >= 11 is 0. The smallest absolute Gasteiger partial charge is 0.431 e. The van der Waals surface area contributed by atoms with Gasteiger partial charge in [-0.15, -0.1) is 0 Å². The number of carbonyl (C=O) groups is 1. The maximum absolute atomic E-state index is 13.2. The van der Waals surface area contributed by atoms with Crippen molar-refractivity contribution < 1.29 is 32.9 Å². The van der Waals surface area contributed by atoms with Crippen molar-refractivity contribution in [3.63, 3.8) is 0 Å². The fourth-order valence-corrected chi connectivity index (χ4v) is 2.78. The van der Waals surface area contributed by atoms with Crippen molar-refractivity contribution in [1.82, 2.24) is 5.01 Å². The van der Waals surface area contributed by atoms with Crippen LogP contribution in [0.2, 0.25) is 0 Å². The number of hydrazone groups is 1. The van der Waals surface area contributed by atoms with Gasteiger partial charge in [0.25, 0.3) is 5.91 Å². The second-order valence-electron chi connectivity index (χ2n) is 5.90. The number of ether oxygens (including phenoxy) is 1. The van der Waals surface area contributed by atoms with Crippen molar-refractivity contribution in [3.05, 3.63) is 59.7 Å². The summed E-state index contributed by atoms with van der Waals surface area (Å²) in [6.45, 7) is 0. The number of hydrogen-bond donors (Lipinski definition) is 2. The lowest BCUT2D eigenvalue weighted by molar-refractivity contribution is -0.0817. The largest absolute Gasteiger partial charge is 0.507 e. The Hall–Kier alpha value is -3.07. The van der Waals surface area contributed by atoms with Crippen molar-refractivity contribution >= 4 is 11.6 Å². The minimum absolute atomic E-state index is 0.00591. The number of hydrogen-bond acceptors (Lipinski definition) is 5. The molecule has 0 spiro atoms. The molecule has 142 valence electrons. The van der Waals surface area contributed by atoms with Gasteiger partial charge < -0.3 is 14.9 Å². The standard InChI is InChI=1S/C18H15F3N2O4/c1-27-12-6-4-5-11(9-12)17(26)10-15(18(19,20)21)22-23(17)16(25)13-7-2-3-8-14(13)24/h2-9,24,26H,10H2,1H3. The molecule has 6 nitrogen and oxygen atoms in total. The molecule has 1 amide bonds. The Morgan fingerprint density at radius 2 is 1.93 bits per heavy atom. The number of carbonyl (C=O) groups excluding carboxylic acids is 1. The summed E-state index contributed by atoms with van der Waals surface area (Å²) in [5, 5.41) is 24.6. The Bertz CT molecular complexity index is 913. The molecule has 2 N–H and O–H groups in total. The van der Waals surface area contributed by atoms with Gasteiger partial charge in [-0.05, 0) is 24.3 Å². The number of phenolic OH excluding ortho intramolecular Hbond substituents is 1. The molecule has 1 unspecified atom stereocenters. The topological polar surface area (TPSA) is 82.4 Å². The molecule has 0 aliphatic carbocycles. The number of alkyl halides is 3. The molecule has 2 aromatic carbocycles. The van der Waals surface area contributed by atoms with Crippen LogP contribution in [-0.2, 0) is 5.72 Å². The number of halogens is 3. The van der Waals surface area contributed by atoms with E-state index < -0.39 is 35.7 Å². The van der Waals surface area contributed by atoms with E-state index in [4.69, 9.17) is 4.74 Å². The van der Waals surface area contributed by atoms with Crippen molar-refractivity contribution in [2.45, 2.75) is 18.3 Å². The van der Waals surface area contributed by atoms with Crippen molar-refractivity contribution in [3.8, 4) is 11.5 Å². The molecular weight excluding hydrogens is 365 g/mol. The molecule has 1 atom stereocenters. The highest BCUT2D eigenvalue weighted by atomic mass is 19.4. The van der Waals surface area contributed by atoms with E-state index in [9.17, 15) is 28.2 Å².